The maximum atomic E-state index is 12.5. The van der Waals surface area contributed by atoms with Crippen molar-refractivity contribution in [3.8, 4) is 11.5 Å². The largest absolute Gasteiger partial charge is 0.496 e. The van der Waals surface area contributed by atoms with Gasteiger partial charge in [-0.1, -0.05) is 35.9 Å². The lowest BCUT2D eigenvalue weighted by Crippen LogP contribution is -2.14. The molecule has 154 valence electrons. The van der Waals surface area contributed by atoms with Gasteiger partial charge in [0.25, 0.3) is 11.6 Å². The summed E-state index contributed by atoms with van der Waals surface area (Å²) in [5.74, 6) is 0.726. The van der Waals surface area contributed by atoms with E-state index in [1.807, 2.05) is 24.3 Å². The predicted molar refractivity (Wildman–Crippen MR) is 115 cm³/mol. The molecule has 7 nitrogen and oxygen atoms in total. The van der Waals surface area contributed by atoms with Crippen molar-refractivity contribution in [2.24, 2.45) is 0 Å². The van der Waals surface area contributed by atoms with Gasteiger partial charge in [0.2, 0.25) is 0 Å². The van der Waals surface area contributed by atoms with Crippen molar-refractivity contribution in [2.75, 3.05) is 19.0 Å². The molecular formula is C22H19ClN2O5. The van der Waals surface area contributed by atoms with Crippen molar-refractivity contribution < 1.29 is 19.2 Å². The van der Waals surface area contributed by atoms with Gasteiger partial charge in [-0.3, -0.25) is 14.9 Å². The third-order valence-electron chi connectivity index (χ3n) is 4.32. The van der Waals surface area contributed by atoms with Crippen LogP contribution in [0.3, 0.4) is 0 Å². The summed E-state index contributed by atoms with van der Waals surface area (Å²) in [6.45, 7) is 0.414. The summed E-state index contributed by atoms with van der Waals surface area (Å²) in [5.41, 5.74) is 1.04. The summed E-state index contributed by atoms with van der Waals surface area (Å²) >= 11 is 5.89. The van der Waals surface area contributed by atoms with Gasteiger partial charge in [0.15, 0.2) is 0 Å². The van der Waals surface area contributed by atoms with Crippen LogP contribution in [0.4, 0.5) is 11.4 Å². The molecule has 0 aliphatic heterocycles. The summed E-state index contributed by atoms with van der Waals surface area (Å²) < 4.78 is 11.1. The van der Waals surface area contributed by atoms with Crippen LogP contribution in [0.2, 0.25) is 5.02 Å². The van der Waals surface area contributed by atoms with Gasteiger partial charge in [-0.05, 0) is 35.9 Å². The number of rotatable bonds is 8. The molecule has 0 unspecified atom stereocenters. The van der Waals surface area contributed by atoms with E-state index in [1.165, 1.54) is 18.2 Å². The fourth-order valence-corrected chi connectivity index (χ4v) is 3.07. The van der Waals surface area contributed by atoms with Crippen LogP contribution in [-0.4, -0.2) is 24.5 Å². The molecule has 0 atom stereocenters. The number of ether oxygens (including phenoxy) is 2. The zero-order chi connectivity index (χ0) is 21.5. The second-order valence-electron chi connectivity index (χ2n) is 6.31. The predicted octanol–water partition coefficient (Wildman–Crippen LogP) is 5.13. The van der Waals surface area contributed by atoms with Crippen LogP contribution in [0.25, 0.3) is 0 Å². The number of methoxy groups -OCH3 is 1. The summed E-state index contributed by atoms with van der Waals surface area (Å²) in [7, 11) is 1.62. The number of nitro benzene ring substituents is 1. The van der Waals surface area contributed by atoms with E-state index >= 15 is 0 Å². The molecule has 3 aromatic rings. The lowest BCUT2D eigenvalue weighted by atomic mass is 10.1. The molecule has 0 aromatic heterocycles. The number of nitrogens with zero attached hydrogens (tertiary/aromatic N) is 1. The molecule has 30 heavy (non-hydrogen) atoms. The number of para-hydroxylation sites is 1. The Morgan fingerprint density at radius 3 is 2.67 bits per heavy atom. The Kier molecular flexibility index (Phi) is 6.87. The monoisotopic (exact) mass is 426 g/mol. The van der Waals surface area contributed by atoms with Gasteiger partial charge in [0, 0.05) is 29.3 Å². The van der Waals surface area contributed by atoms with Gasteiger partial charge in [-0.15, -0.1) is 0 Å². The highest BCUT2D eigenvalue weighted by molar-refractivity contribution is 6.31. The number of hydrogen-bond donors (Lipinski definition) is 1. The van der Waals surface area contributed by atoms with Crippen molar-refractivity contribution in [3.63, 3.8) is 0 Å². The minimum atomic E-state index is -0.629. The quantitative estimate of drug-likeness (QED) is 0.398. The highest BCUT2D eigenvalue weighted by Gasteiger charge is 2.20. The standard InChI is InChI=1S/C22H19ClN2O5/c1-29-21-8-3-2-5-15(21)11-12-30-18-7-4-6-17(14-18)24-22(26)19-13-16(23)9-10-20(19)25(27)28/h2-10,13-14H,11-12H2,1H3,(H,24,26). The van der Waals surface area contributed by atoms with Crippen molar-refractivity contribution in [1.29, 1.82) is 0 Å². The number of halogens is 1. The number of carbonyl (C=O) groups is 1. The first-order valence-corrected chi connectivity index (χ1v) is 9.46. The summed E-state index contributed by atoms with van der Waals surface area (Å²) in [4.78, 5) is 23.1. The van der Waals surface area contributed by atoms with Crippen molar-refractivity contribution in [2.45, 2.75) is 6.42 Å². The average molecular weight is 427 g/mol. The SMILES string of the molecule is COc1ccccc1CCOc1cccc(NC(=O)c2cc(Cl)ccc2[N+](=O)[O-])c1. The number of amides is 1. The number of nitrogens with one attached hydrogen (secondary N) is 1. The maximum Gasteiger partial charge on any atom is 0.282 e. The molecule has 1 N–H and O–H groups in total. The molecule has 0 heterocycles. The minimum absolute atomic E-state index is 0.116. The summed E-state index contributed by atoms with van der Waals surface area (Å²) in [6, 6.07) is 18.3. The zero-order valence-corrected chi connectivity index (χ0v) is 16.9. The second kappa shape index (κ2) is 9.76. The van der Waals surface area contributed by atoms with Crippen LogP contribution in [0.15, 0.2) is 66.7 Å². The fourth-order valence-electron chi connectivity index (χ4n) is 2.90. The molecular weight excluding hydrogens is 408 g/mol. The molecule has 3 aromatic carbocycles. The minimum Gasteiger partial charge on any atom is -0.496 e. The molecule has 0 radical (unpaired) electrons. The molecule has 0 aliphatic rings. The fraction of sp³-hybridized carbons (Fsp3) is 0.136. The molecule has 0 bridgehead atoms. The van der Waals surface area contributed by atoms with E-state index in [-0.39, 0.29) is 16.3 Å². The van der Waals surface area contributed by atoms with Crippen LogP contribution in [-0.2, 0) is 6.42 Å². The molecule has 3 rings (SSSR count). The van der Waals surface area contributed by atoms with E-state index in [9.17, 15) is 14.9 Å². The van der Waals surface area contributed by atoms with E-state index < -0.39 is 10.8 Å². The van der Waals surface area contributed by atoms with Gasteiger partial charge in [0.05, 0.1) is 18.6 Å². The van der Waals surface area contributed by atoms with Gasteiger partial charge in [-0.25, -0.2) is 0 Å². The van der Waals surface area contributed by atoms with Crippen molar-refractivity contribution in [3.05, 3.63) is 93.0 Å². The Morgan fingerprint density at radius 2 is 1.90 bits per heavy atom. The van der Waals surface area contributed by atoms with E-state index in [0.29, 0.717) is 24.5 Å². The number of benzene rings is 3. The first-order chi connectivity index (χ1) is 14.5. The number of carbonyl (C=O) groups excluding carboxylic acids is 1. The summed E-state index contributed by atoms with van der Waals surface area (Å²) in [5, 5.41) is 14.1. The first kappa shape index (κ1) is 21.1. The lowest BCUT2D eigenvalue weighted by molar-refractivity contribution is -0.385. The van der Waals surface area contributed by atoms with Crippen molar-refractivity contribution >= 4 is 28.9 Å². The van der Waals surface area contributed by atoms with Gasteiger partial charge in [0.1, 0.15) is 17.1 Å². The van der Waals surface area contributed by atoms with Crippen LogP contribution in [0, 0.1) is 10.1 Å². The van der Waals surface area contributed by atoms with Crippen LogP contribution >= 0.6 is 11.6 Å². The van der Waals surface area contributed by atoms with E-state index in [4.69, 9.17) is 21.1 Å². The second-order valence-corrected chi connectivity index (χ2v) is 6.75. The first-order valence-electron chi connectivity index (χ1n) is 9.08. The topological polar surface area (TPSA) is 90.7 Å². The Bertz CT molecular complexity index is 1070. The lowest BCUT2D eigenvalue weighted by Gasteiger charge is -2.11. The Labute approximate surface area is 178 Å². The molecule has 0 saturated carbocycles. The average Bonchev–Trinajstić information content (AvgIpc) is 2.74. The van der Waals surface area contributed by atoms with Crippen LogP contribution in [0.1, 0.15) is 15.9 Å². The zero-order valence-electron chi connectivity index (χ0n) is 16.1. The highest BCUT2D eigenvalue weighted by Crippen LogP contribution is 2.25. The number of anilines is 1. The Morgan fingerprint density at radius 1 is 1.10 bits per heavy atom. The highest BCUT2D eigenvalue weighted by atomic mass is 35.5. The number of nitro groups is 1. The van der Waals surface area contributed by atoms with Crippen molar-refractivity contribution in [1.82, 2.24) is 0 Å². The molecule has 0 fully saturated rings. The van der Waals surface area contributed by atoms with Gasteiger partial charge >= 0.3 is 0 Å². The summed E-state index contributed by atoms with van der Waals surface area (Å²) in [6.07, 6.45) is 0.648. The van der Waals surface area contributed by atoms with Crippen LogP contribution < -0.4 is 14.8 Å². The van der Waals surface area contributed by atoms with Crippen LogP contribution in [0.5, 0.6) is 11.5 Å². The molecule has 0 saturated heterocycles. The number of hydrogen-bond acceptors (Lipinski definition) is 5. The smallest absolute Gasteiger partial charge is 0.282 e. The molecule has 1 amide bonds. The van der Waals surface area contributed by atoms with E-state index in [1.54, 1.807) is 31.4 Å². The Hall–Kier alpha value is -3.58. The normalized spacial score (nSPS) is 10.3. The molecule has 0 spiro atoms. The van der Waals surface area contributed by atoms with Gasteiger partial charge < -0.3 is 14.8 Å². The maximum absolute atomic E-state index is 12.5. The molecule has 0 aliphatic carbocycles. The Balaban J connectivity index is 1.67. The molecule has 8 heteroatoms. The third-order valence-corrected chi connectivity index (χ3v) is 4.56. The van der Waals surface area contributed by atoms with E-state index in [0.717, 1.165) is 11.3 Å². The third kappa shape index (κ3) is 5.27. The van der Waals surface area contributed by atoms with Gasteiger partial charge in [-0.2, -0.15) is 0 Å². The van der Waals surface area contributed by atoms with E-state index in [2.05, 4.69) is 5.32 Å².